The number of hydrogen-bond acceptors (Lipinski definition) is 5. The van der Waals surface area contributed by atoms with Crippen molar-refractivity contribution in [2.24, 2.45) is 5.41 Å². The number of aromatic nitrogens is 2. The Morgan fingerprint density at radius 2 is 2.04 bits per heavy atom. The van der Waals surface area contributed by atoms with Crippen LogP contribution in [0, 0.1) is 16.7 Å². The van der Waals surface area contributed by atoms with E-state index in [1.807, 2.05) is 19.9 Å². The summed E-state index contributed by atoms with van der Waals surface area (Å²) in [7, 11) is -0.437. The molecule has 0 saturated heterocycles. The fourth-order valence-corrected chi connectivity index (χ4v) is 4.78. The smallest absolute Gasteiger partial charge is 0.242 e. The molecule has 0 aliphatic carbocycles. The first kappa shape index (κ1) is 21.7. The number of imidazole rings is 1. The number of thioether (sulfide) groups is 1. The maximum atomic E-state index is 12.4. The maximum Gasteiger partial charge on any atom is 0.242 e. The first-order valence-electron chi connectivity index (χ1n) is 9.09. The molecule has 1 aromatic heterocycles. The first-order chi connectivity index (χ1) is 12.6. The molecule has 148 valence electrons. The Labute approximate surface area is 166 Å². The highest BCUT2D eigenvalue weighted by atomic mass is 32.2. The summed E-state index contributed by atoms with van der Waals surface area (Å²) in [6.45, 7) is 6.86. The summed E-state index contributed by atoms with van der Waals surface area (Å²) in [6.07, 6.45) is 2.87. The number of nitrogens with zero attached hydrogens (tertiary/aromatic N) is 4. The summed E-state index contributed by atoms with van der Waals surface area (Å²) in [6, 6.07) is 7.47. The van der Waals surface area contributed by atoms with Crippen molar-refractivity contribution in [1.82, 2.24) is 13.9 Å². The molecule has 0 fully saturated rings. The summed E-state index contributed by atoms with van der Waals surface area (Å²) >= 11 is 1.63. The van der Waals surface area contributed by atoms with Crippen molar-refractivity contribution in [3.63, 3.8) is 0 Å². The van der Waals surface area contributed by atoms with Crippen LogP contribution >= 0.6 is 11.8 Å². The fourth-order valence-electron chi connectivity index (χ4n) is 2.55. The van der Waals surface area contributed by atoms with Gasteiger partial charge >= 0.3 is 0 Å². The van der Waals surface area contributed by atoms with Gasteiger partial charge in [-0.2, -0.15) is 5.26 Å². The summed E-state index contributed by atoms with van der Waals surface area (Å²) in [5.41, 5.74) is 1.28. The standard InChI is InChI=1S/C19H28N4O2S2/c1-6-7-11-23-17-9-8-15(27(24,25)22(4)5)13-16(17)21-18(23)26-12-10-19(2,3)14-20/h8-9,13H,6-7,10-12H2,1-5H3. The predicted octanol–water partition coefficient (Wildman–Crippen LogP) is 4.12. The predicted molar refractivity (Wildman–Crippen MR) is 110 cm³/mol. The van der Waals surface area contributed by atoms with E-state index in [1.165, 1.54) is 18.4 Å². The number of hydrogen-bond donors (Lipinski definition) is 0. The topological polar surface area (TPSA) is 79.0 Å². The molecule has 0 spiro atoms. The van der Waals surface area contributed by atoms with Gasteiger partial charge in [0.1, 0.15) is 0 Å². The lowest BCUT2D eigenvalue weighted by atomic mass is 9.93. The number of benzene rings is 1. The molecule has 1 aromatic carbocycles. The number of sulfonamides is 1. The Morgan fingerprint density at radius 3 is 2.63 bits per heavy atom. The Hall–Kier alpha value is -1.56. The second kappa shape index (κ2) is 8.63. The molecule has 27 heavy (non-hydrogen) atoms. The molecule has 0 atom stereocenters. The minimum absolute atomic E-state index is 0.252. The maximum absolute atomic E-state index is 12.4. The van der Waals surface area contributed by atoms with Crippen LogP contribution in [0.3, 0.4) is 0 Å². The van der Waals surface area contributed by atoms with Gasteiger partial charge in [0.25, 0.3) is 0 Å². The van der Waals surface area contributed by atoms with Gasteiger partial charge < -0.3 is 4.57 Å². The van der Waals surface area contributed by atoms with E-state index >= 15 is 0 Å². The SMILES string of the molecule is CCCCn1c(SCCC(C)(C)C#N)nc2cc(S(=O)(=O)N(C)C)ccc21. The summed E-state index contributed by atoms with van der Waals surface area (Å²) in [5.74, 6) is 0.791. The van der Waals surface area contributed by atoms with Crippen LogP contribution in [-0.2, 0) is 16.6 Å². The molecular formula is C19H28N4O2S2. The van der Waals surface area contributed by atoms with E-state index in [0.29, 0.717) is 5.52 Å². The fraction of sp³-hybridized carbons (Fsp3) is 0.579. The van der Waals surface area contributed by atoms with Gasteiger partial charge in [0.2, 0.25) is 10.0 Å². The van der Waals surface area contributed by atoms with Gasteiger partial charge in [-0.3, -0.25) is 0 Å². The molecule has 8 heteroatoms. The van der Waals surface area contributed by atoms with Crippen LogP contribution in [0.25, 0.3) is 11.0 Å². The Kier molecular flexibility index (Phi) is 6.95. The van der Waals surface area contributed by atoms with Gasteiger partial charge in [-0.1, -0.05) is 25.1 Å². The molecule has 0 radical (unpaired) electrons. The molecule has 0 aliphatic heterocycles. The van der Waals surface area contributed by atoms with Crippen LogP contribution in [0.5, 0.6) is 0 Å². The molecular weight excluding hydrogens is 380 g/mol. The number of fused-ring (bicyclic) bond motifs is 1. The lowest BCUT2D eigenvalue weighted by Gasteiger charge is -2.14. The third kappa shape index (κ3) is 5.03. The molecule has 6 nitrogen and oxygen atoms in total. The van der Waals surface area contributed by atoms with Crippen LogP contribution in [0.1, 0.15) is 40.0 Å². The van der Waals surface area contributed by atoms with Crippen molar-refractivity contribution in [3.8, 4) is 6.07 Å². The highest BCUT2D eigenvalue weighted by molar-refractivity contribution is 7.99. The molecule has 0 unspecified atom stereocenters. The van der Waals surface area contributed by atoms with E-state index in [2.05, 4.69) is 17.6 Å². The van der Waals surface area contributed by atoms with Gasteiger partial charge in [-0.25, -0.2) is 17.7 Å². The summed E-state index contributed by atoms with van der Waals surface area (Å²) < 4.78 is 28.2. The average molecular weight is 409 g/mol. The number of unbranched alkanes of at least 4 members (excludes halogenated alkanes) is 1. The summed E-state index contributed by atoms with van der Waals surface area (Å²) in [5, 5.41) is 10.1. The van der Waals surface area contributed by atoms with Crippen molar-refractivity contribution < 1.29 is 8.42 Å². The summed E-state index contributed by atoms with van der Waals surface area (Å²) in [4.78, 5) is 4.96. The van der Waals surface area contributed by atoms with Crippen molar-refractivity contribution in [2.75, 3.05) is 19.8 Å². The monoisotopic (exact) mass is 408 g/mol. The molecule has 2 rings (SSSR count). The van der Waals surface area contributed by atoms with Gasteiger partial charge in [0, 0.05) is 26.4 Å². The van der Waals surface area contributed by atoms with Gasteiger partial charge in [-0.05, 0) is 44.9 Å². The lowest BCUT2D eigenvalue weighted by molar-refractivity contribution is 0.481. The molecule has 0 aliphatic rings. The van der Waals surface area contributed by atoms with Crippen LogP contribution < -0.4 is 0 Å². The van der Waals surface area contributed by atoms with E-state index in [0.717, 1.165) is 42.2 Å². The lowest BCUT2D eigenvalue weighted by Crippen LogP contribution is -2.22. The van der Waals surface area contributed by atoms with Crippen LogP contribution in [0.4, 0.5) is 0 Å². The third-order valence-corrected chi connectivity index (χ3v) is 7.25. The normalized spacial score (nSPS) is 12.6. The number of aryl methyl sites for hydroxylation is 1. The zero-order valence-corrected chi connectivity index (χ0v) is 18.3. The number of rotatable bonds is 9. The Balaban J connectivity index is 2.39. The second-order valence-electron chi connectivity index (χ2n) is 7.43. The Morgan fingerprint density at radius 1 is 1.33 bits per heavy atom. The molecule has 0 N–H and O–H groups in total. The molecule has 0 bridgehead atoms. The highest BCUT2D eigenvalue weighted by Crippen LogP contribution is 2.30. The van der Waals surface area contributed by atoms with Crippen LogP contribution in [0.2, 0.25) is 0 Å². The van der Waals surface area contributed by atoms with Crippen molar-refractivity contribution in [3.05, 3.63) is 18.2 Å². The molecule has 0 saturated carbocycles. The van der Waals surface area contributed by atoms with Crippen LogP contribution in [-0.4, -0.2) is 42.1 Å². The van der Waals surface area contributed by atoms with Crippen LogP contribution in [0.15, 0.2) is 28.3 Å². The van der Waals surface area contributed by atoms with E-state index in [1.54, 1.807) is 23.9 Å². The number of nitriles is 1. The Bertz CT molecular complexity index is 941. The van der Waals surface area contributed by atoms with E-state index < -0.39 is 10.0 Å². The molecule has 0 amide bonds. The van der Waals surface area contributed by atoms with Crippen molar-refractivity contribution >= 4 is 32.8 Å². The van der Waals surface area contributed by atoms with Crippen molar-refractivity contribution in [1.29, 1.82) is 5.26 Å². The largest absolute Gasteiger partial charge is 0.319 e. The zero-order valence-electron chi connectivity index (χ0n) is 16.7. The highest BCUT2D eigenvalue weighted by Gasteiger charge is 2.21. The van der Waals surface area contributed by atoms with Gasteiger partial charge in [-0.15, -0.1) is 0 Å². The zero-order chi connectivity index (χ0) is 20.2. The minimum atomic E-state index is -3.49. The first-order valence-corrected chi connectivity index (χ1v) is 11.5. The minimum Gasteiger partial charge on any atom is -0.319 e. The second-order valence-corrected chi connectivity index (χ2v) is 10.6. The van der Waals surface area contributed by atoms with Gasteiger partial charge in [0.15, 0.2) is 5.16 Å². The average Bonchev–Trinajstić information content (AvgIpc) is 2.96. The molecule has 2 aromatic rings. The molecule has 1 heterocycles. The van der Waals surface area contributed by atoms with E-state index in [4.69, 9.17) is 4.98 Å². The van der Waals surface area contributed by atoms with E-state index in [9.17, 15) is 13.7 Å². The van der Waals surface area contributed by atoms with Gasteiger partial charge in [0.05, 0.1) is 27.4 Å². The van der Waals surface area contributed by atoms with Crippen molar-refractivity contribution in [2.45, 2.75) is 56.6 Å². The quantitative estimate of drug-likeness (QED) is 0.583. The third-order valence-electron chi connectivity index (χ3n) is 4.46. The van der Waals surface area contributed by atoms with E-state index in [-0.39, 0.29) is 10.3 Å².